The van der Waals surface area contributed by atoms with Gasteiger partial charge >= 0.3 is 18.9 Å². The summed E-state index contributed by atoms with van der Waals surface area (Å²) in [6.45, 7) is 17.3. The van der Waals surface area contributed by atoms with Crippen LogP contribution in [0.4, 0.5) is 0 Å². The van der Waals surface area contributed by atoms with Gasteiger partial charge in [0.1, 0.15) is 0 Å². The molecule has 1 nitrogen and oxygen atoms in total. The molecule has 18 heavy (non-hydrogen) atoms. The molecule has 0 N–H and O–H groups in total. The van der Waals surface area contributed by atoms with E-state index in [1.807, 2.05) is 0 Å². The first kappa shape index (κ1) is 19.1. The van der Waals surface area contributed by atoms with Crippen molar-refractivity contribution in [2.24, 2.45) is 0 Å². The fraction of sp³-hybridized carbons (Fsp3) is 1.00. The Hall–Kier alpha value is 1.09. The van der Waals surface area contributed by atoms with Gasteiger partial charge in [0.15, 0.2) is 0 Å². The predicted octanol–water partition coefficient (Wildman–Crippen LogP) is 2.04. The van der Waals surface area contributed by atoms with Gasteiger partial charge in [0.25, 0.3) is 0 Å². The molecule has 0 spiro atoms. The van der Waals surface area contributed by atoms with Gasteiger partial charge in [-0.1, -0.05) is 34.1 Å². The molecule has 1 aliphatic rings. The van der Waals surface area contributed by atoms with Crippen LogP contribution in [0.25, 0.3) is 0 Å². The van der Waals surface area contributed by atoms with Crippen LogP contribution in [-0.2, 0) is 0 Å². The summed E-state index contributed by atoms with van der Waals surface area (Å²) in [5.74, 6) is 0. The molecule has 1 rings (SSSR count). The van der Waals surface area contributed by atoms with Crippen molar-refractivity contribution >= 4 is 13.3 Å². The van der Waals surface area contributed by atoms with Crippen LogP contribution in [0, 0.1) is 0 Å². The van der Waals surface area contributed by atoms with Crippen LogP contribution in [0.5, 0.6) is 0 Å². The van der Waals surface area contributed by atoms with Crippen molar-refractivity contribution in [1.29, 1.82) is 0 Å². The van der Waals surface area contributed by atoms with Gasteiger partial charge in [-0.3, -0.25) is 0 Å². The molecule has 0 amide bonds. The fourth-order valence-electron chi connectivity index (χ4n) is 4.91. The van der Waals surface area contributed by atoms with Gasteiger partial charge in [-0.2, -0.15) is 15.8 Å². The van der Waals surface area contributed by atoms with Crippen LogP contribution in [0.1, 0.15) is 67.7 Å². The molecule has 0 aromatic heterocycles. The van der Waals surface area contributed by atoms with Crippen molar-refractivity contribution < 1.29 is 18.9 Å². The molecule has 3 heteroatoms. The van der Waals surface area contributed by atoms with Gasteiger partial charge < -0.3 is 3.88 Å². The second-order valence-corrected chi connectivity index (χ2v) is 13.3. The van der Waals surface area contributed by atoms with E-state index in [1.165, 1.54) is 35.1 Å². The van der Waals surface area contributed by atoms with Gasteiger partial charge in [-0.15, -0.1) is 20.8 Å². The average molecular weight is 261 g/mol. The first-order valence-electron chi connectivity index (χ1n) is 7.76. The molecule has 0 radical (unpaired) electrons. The standard InChI is InChI=1S/C9H18N.3C2H5.Al.Li/c1-8(2)6-5-7-9(3,4)10-8;3*1-2;;/h5-7H2,1-4H3;3*1H2,2H3;;/q-1;;;;;+1. The Kier molecular flexibility index (Phi) is 7.10. The molecule has 0 saturated carbocycles. The molecule has 0 unspecified atom stereocenters. The Morgan fingerprint density at radius 3 is 1.44 bits per heavy atom. The third-order valence-electron chi connectivity index (χ3n) is 5.71. The van der Waals surface area contributed by atoms with E-state index in [0.717, 1.165) is 0 Å². The number of rotatable bonds is 4. The summed E-state index contributed by atoms with van der Waals surface area (Å²) in [6, 6.07) is 0. The van der Waals surface area contributed by atoms with Crippen LogP contribution < -0.4 is 18.9 Å². The molecule has 1 saturated heterocycles. The summed E-state index contributed by atoms with van der Waals surface area (Å²) in [7, 11) is 0. The molecule has 1 heterocycles. The smallest absolute Gasteiger partial charge is 0.504 e. The molecule has 1 fully saturated rings. The Bertz CT molecular complexity index is 235. The van der Waals surface area contributed by atoms with Gasteiger partial charge in [-0.05, 0) is 23.9 Å². The second kappa shape index (κ2) is 6.70. The minimum absolute atomic E-state index is 0. The SMILES string of the molecule is C[CH2][Al-]([CH2]C)([CH2]C)[N]1C(C)(C)CCCC1(C)C.[Li+]. The monoisotopic (exact) mass is 261 g/mol. The summed E-state index contributed by atoms with van der Waals surface area (Å²) >= 11 is -1.58. The zero-order valence-electron chi connectivity index (χ0n) is 14.3. The van der Waals surface area contributed by atoms with Crippen LogP contribution >= 0.6 is 0 Å². The van der Waals surface area contributed by atoms with Gasteiger partial charge in [-0.25, -0.2) is 0 Å². The van der Waals surface area contributed by atoms with Crippen LogP contribution in [0.15, 0.2) is 0 Å². The maximum absolute atomic E-state index is 3.04. The zero-order chi connectivity index (χ0) is 13.3. The fourth-order valence-corrected chi connectivity index (χ4v) is 11.0. The van der Waals surface area contributed by atoms with E-state index >= 15 is 0 Å². The molecular formula is C15H33AlLiN. The summed E-state index contributed by atoms with van der Waals surface area (Å²) < 4.78 is 3.04. The largest absolute Gasteiger partial charge is 1.00 e. The van der Waals surface area contributed by atoms with E-state index in [2.05, 4.69) is 52.3 Å². The van der Waals surface area contributed by atoms with E-state index in [4.69, 9.17) is 0 Å². The van der Waals surface area contributed by atoms with Crippen molar-refractivity contribution in [1.82, 2.24) is 3.88 Å². The van der Waals surface area contributed by atoms with E-state index in [1.54, 1.807) is 0 Å². The zero-order valence-corrected chi connectivity index (χ0v) is 15.4. The third-order valence-corrected chi connectivity index (χ3v) is 12.8. The second-order valence-electron chi connectivity index (χ2n) is 7.49. The molecular weight excluding hydrogens is 228 g/mol. The van der Waals surface area contributed by atoms with Gasteiger partial charge in [0.2, 0.25) is 13.3 Å². The van der Waals surface area contributed by atoms with Crippen molar-refractivity contribution in [3.63, 3.8) is 0 Å². The third kappa shape index (κ3) is 3.40. The topological polar surface area (TPSA) is 3.24 Å². The minimum atomic E-state index is -1.58. The molecule has 102 valence electrons. The summed E-state index contributed by atoms with van der Waals surface area (Å²) in [4.78, 5) is 0. The van der Waals surface area contributed by atoms with Crippen molar-refractivity contribution in [2.75, 3.05) is 0 Å². The maximum Gasteiger partial charge on any atom is 1.00 e. The number of piperidine rings is 1. The van der Waals surface area contributed by atoms with Crippen LogP contribution in [-0.4, -0.2) is 28.3 Å². The normalized spacial score (nSPS) is 23.5. The van der Waals surface area contributed by atoms with Gasteiger partial charge in [0, 0.05) is 0 Å². The molecule has 0 aromatic rings. The first-order chi connectivity index (χ1) is 7.76. The summed E-state index contributed by atoms with van der Waals surface area (Å²) in [5, 5.41) is 4.31. The Morgan fingerprint density at radius 2 is 1.17 bits per heavy atom. The van der Waals surface area contributed by atoms with Crippen molar-refractivity contribution in [3.8, 4) is 0 Å². The average Bonchev–Trinajstić information content (AvgIpc) is 2.23. The Labute approximate surface area is 130 Å². The van der Waals surface area contributed by atoms with E-state index in [9.17, 15) is 0 Å². The molecule has 0 atom stereocenters. The summed E-state index contributed by atoms with van der Waals surface area (Å²) in [5.41, 5.74) is 0.850. The first-order valence-corrected chi connectivity index (χ1v) is 10.7. The molecule has 0 aliphatic carbocycles. The van der Waals surface area contributed by atoms with Crippen LogP contribution in [0.2, 0.25) is 15.8 Å². The maximum atomic E-state index is 3.04. The number of hydrogen-bond donors (Lipinski definition) is 0. The van der Waals surface area contributed by atoms with Crippen LogP contribution in [0.3, 0.4) is 0 Å². The number of hydrogen-bond acceptors (Lipinski definition) is 1. The predicted molar refractivity (Wildman–Crippen MR) is 81.0 cm³/mol. The minimum Gasteiger partial charge on any atom is -0.504 e. The van der Waals surface area contributed by atoms with E-state index < -0.39 is 13.3 Å². The Balaban J connectivity index is 0.00000289. The summed E-state index contributed by atoms with van der Waals surface area (Å²) in [6.07, 6.45) is 4.18. The molecule has 0 aromatic carbocycles. The van der Waals surface area contributed by atoms with E-state index in [0.29, 0.717) is 11.1 Å². The van der Waals surface area contributed by atoms with Crippen molar-refractivity contribution in [3.05, 3.63) is 0 Å². The van der Waals surface area contributed by atoms with Crippen molar-refractivity contribution in [2.45, 2.75) is 94.7 Å². The Morgan fingerprint density at radius 1 is 0.833 bits per heavy atom. The quantitative estimate of drug-likeness (QED) is 0.700. The number of nitrogens with zero attached hydrogens (tertiary/aromatic N) is 1. The van der Waals surface area contributed by atoms with E-state index in [-0.39, 0.29) is 18.9 Å². The molecule has 1 aliphatic heterocycles. The molecule has 0 bridgehead atoms. The van der Waals surface area contributed by atoms with Gasteiger partial charge in [0.05, 0.1) is 0 Å².